The Morgan fingerprint density at radius 1 is 1.12 bits per heavy atom. The summed E-state index contributed by atoms with van der Waals surface area (Å²) in [4.78, 5) is 0. The molecule has 0 spiro atoms. The SMILES string of the molecule is FC(F)(F)Oc1ccc(-n2cnnn2)cc1. The molecule has 8 heteroatoms. The van der Waals surface area contributed by atoms with Crippen molar-refractivity contribution in [3.05, 3.63) is 30.6 Å². The molecule has 2 aromatic rings. The Hall–Kier alpha value is -2.12. The van der Waals surface area contributed by atoms with E-state index in [2.05, 4.69) is 20.3 Å². The quantitative estimate of drug-likeness (QED) is 0.785. The molecule has 1 aromatic carbocycles. The van der Waals surface area contributed by atoms with Gasteiger partial charge in [-0.3, -0.25) is 0 Å². The molecule has 0 N–H and O–H groups in total. The first-order valence-corrected chi connectivity index (χ1v) is 4.14. The van der Waals surface area contributed by atoms with Crippen LogP contribution in [0.1, 0.15) is 0 Å². The van der Waals surface area contributed by atoms with E-state index in [0.29, 0.717) is 5.69 Å². The largest absolute Gasteiger partial charge is 0.573 e. The minimum absolute atomic E-state index is 0.288. The van der Waals surface area contributed by atoms with Gasteiger partial charge in [0.05, 0.1) is 5.69 Å². The van der Waals surface area contributed by atoms with Crippen molar-refractivity contribution in [1.82, 2.24) is 20.2 Å². The van der Waals surface area contributed by atoms with Crippen molar-refractivity contribution in [1.29, 1.82) is 0 Å². The lowest BCUT2D eigenvalue weighted by Gasteiger charge is -2.08. The lowest BCUT2D eigenvalue weighted by molar-refractivity contribution is -0.274. The average Bonchev–Trinajstić information content (AvgIpc) is 2.69. The maximum atomic E-state index is 11.9. The van der Waals surface area contributed by atoms with E-state index in [1.807, 2.05) is 0 Å². The number of aromatic nitrogens is 4. The molecule has 0 bridgehead atoms. The van der Waals surface area contributed by atoms with E-state index in [1.54, 1.807) is 0 Å². The van der Waals surface area contributed by atoms with Gasteiger partial charge >= 0.3 is 6.36 Å². The van der Waals surface area contributed by atoms with Crippen molar-refractivity contribution < 1.29 is 17.9 Å². The molecular formula is C8H5F3N4O. The highest BCUT2D eigenvalue weighted by molar-refractivity contribution is 5.36. The van der Waals surface area contributed by atoms with Crippen LogP contribution in [0.4, 0.5) is 13.2 Å². The van der Waals surface area contributed by atoms with E-state index in [-0.39, 0.29) is 5.75 Å². The third-order valence-electron chi connectivity index (χ3n) is 1.68. The molecule has 0 amide bonds. The van der Waals surface area contributed by atoms with Gasteiger partial charge < -0.3 is 4.74 Å². The van der Waals surface area contributed by atoms with Crippen LogP contribution in [-0.4, -0.2) is 26.6 Å². The zero-order valence-electron chi connectivity index (χ0n) is 7.72. The van der Waals surface area contributed by atoms with Crippen molar-refractivity contribution in [3.8, 4) is 11.4 Å². The number of alkyl halides is 3. The Morgan fingerprint density at radius 2 is 1.81 bits per heavy atom. The van der Waals surface area contributed by atoms with Gasteiger partial charge in [-0.25, -0.2) is 4.68 Å². The number of halogens is 3. The van der Waals surface area contributed by atoms with Gasteiger partial charge in [0, 0.05) is 0 Å². The maximum absolute atomic E-state index is 11.9. The smallest absolute Gasteiger partial charge is 0.406 e. The number of benzene rings is 1. The third kappa shape index (κ3) is 2.47. The first-order valence-electron chi connectivity index (χ1n) is 4.14. The van der Waals surface area contributed by atoms with Crippen molar-refractivity contribution in [2.75, 3.05) is 0 Å². The fourth-order valence-electron chi connectivity index (χ4n) is 1.08. The van der Waals surface area contributed by atoms with Crippen molar-refractivity contribution in [2.24, 2.45) is 0 Å². The average molecular weight is 230 g/mol. The zero-order chi connectivity index (χ0) is 11.6. The lowest BCUT2D eigenvalue weighted by atomic mass is 10.3. The number of hydrogen-bond acceptors (Lipinski definition) is 4. The highest BCUT2D eigenvalue weighted by Gasteiger charge is 2.30. The summed E-state index contributed by atoms with van der Waals surface area (Å²) in [5.41, 5.74) is 0.541. The molecule has 16 heavy (non-hydrogen) atoms. The molecular weight excluding hydrogens is 225 g/mol. The molecule has 0 aliphatic rings. The van der Waals surface area contributed by atoms with Gasteiger partial charge in [-0.15, -0.1) is 18.3 Å². The number of ether oxygens (including phenoxy) is 1. The molecule has 0 saturated carbocycles. The van der Waals surface area contributed by atoms with E-state index in [9.17, 15) is 13.2 Å². The Balaban J connectivity index is 2.17. The molecule has 0 aliphatic heterocycles. The van der Waals surface area contributed by atoms with Gasteiger partial charge in [-0.05, 0) is 34.7 Å². The van der Waals surface area contributed by atoms with E-state index in [4.69, 9.17) is 0 Å². The first-order chi connectivity index (χ1) is 7.54. The molecule has 0 fully saturated rings. The van der Waals surface area contributed by atoms with Crippen molar-refractivity contribution in [2.45, 2.75) is 6.36 Å². The fourth-order valence-corrected chi connectivity index (χ4v) is 1.08. The summed E-state index contributed by atoms with van der Waals surface area (Å²) in [6.45, 7) is 0. The molecule has 0 aliphatic carbocycles. The van der Waals surface area contributed by atoms with Gasteiger partial charge in [-0.2, -0.15) is 0 Å². The topological polar surface area (TPSA) is 52.8 Å². The van der Waals surface area contributed by atoms with Crippen LogP contribution in [0, 0.1) is 0 Å². The number of hydrogen-bond donors (Lipinski definition) is 0. The molecule has 84 valence electrons. The monoisotopic (exact) mass is 230 g/mol. The van der Waals surface area contributed by atoms with Crippen LogP contribution in [0.2, 0.25) is 0 Å². The summed E-state index contributed by atoms with van der Waals surface area (Å²) in [7, 11) is 0. The second-order valence-corrected chi connectivity index (χ2v) is 2.80. The number of tetrazole rings is 1. The minimum atomic E-state index is -4.68. The van der Waals surface area contributed by atoms with Crippen LogP contribution in [-0.2, 0) is 0 Å². The normalized spacial score (nSPS) is 11.4. The molecule has 1 heterocycles. The summed E-state index contributed by atoms with van der Waals surface area (Å²) < 4.78 is 40.6. The summed E-state index contributed by atoms with van der Waals surface area (Å²) in [6, 6.07) is 5.20. The standard InChI is InChI=1S/C8H5F3N4O/c9-8(10,11)16-7-3-1-6(2-4-7)15-5-12-13-14-15/h1-5H. The molecule has 0 saturated heterocycles. The van der Waals surface area contributed by atoms with Crippen LogP contribution in [0.3, 0.4) is 0 Å². The Labute approximate surface area is 87.4 Å². The summed E-state index contributed by atoms with van der Waals surface area (Å²) in [5.74, 6) is -0.288. The number of nitrogens with zero attached hydrogens (tertiary/aromatic N) is 4. The van der Waals surface area contributed by atoms with E-state index in [1.165, 1.54) is 35.3 Å². The second-order valence-electron chi connectivity index (χ2n) is 2.80. The molecule has 1 aromatic heterocycles. The van der Waals surface area contributed by atoms with Gasteiger partial charge in [0.2, 0.25) is 0 Å². The maximum Gasteiger partial charge on any atom is 0.573 e. The molecule has 5 nitrogen and oxygen atoms in total. The van der Waals surface area contributed by atoms with Crippen molar-refractivity contribution >= 4 is 0 Å². The van der Waals surface area contributed by atoms with Gasteiger partial charge in [0.15, 0.2) is 0 Å². The van der Waals surface area contributed by atoms with Gasteiger partial charge in [0.1, 0.15) is 12.1 Å². The van der Waals surface area contributed by atoms with E-state index >= 15 is 0 Å². The Kier molecular flexibility index (Phi) is 2.47. The molecule has 0 unspecified atom stereocenters. The van der Waals surface area contributed by atoms with Crippen LogP contribution in [0.25, 0.3) is 5.69 Å². The first kappa shape index (κ1) is 10.4. The third-order valence-corrected chi connectivity index (χ3v) is 1.68. The minimum Gasteiger partial charge on any atom is -0.406 e. The van der Waals surface area contributed by atoms with E-state index in [0.717, 1.165) is 0 Å². The number of rotatable bonds is 2. The van der Waals surface area contributed by atoms with Crippen LogP contribution < -0.4 is 4.74 Å². The predicted octanol–water partition coefficient (Wildman–Crippen LogP) is 1.56. The highest BCUT2D eigenvalue weighted by atomic mass is 19.4. The molecule has 0 radical (unpaired) electrons. The van der Waals surface area contributed by atoms with Crippen LogP contribution in [0.15, 0.2) is 30.6 Å². The van der Waals surface area contributed by atoms with Crippen LogP contribution in [0.5, 0.6) is 5.75 Å². The Bertz CT molecular complexity index is 451. The summed E-state index contributed by atoms with van der Waals surface area (Å²) >= 11 is 0. The van der Waals surface area contributed by atoms with Gasteiger partial charge in [-0.1, -0.05) is 0 Å². The highest BCUT2D eigenvalue weighted by Crippen LogP contribution is 2.23. The fraction of sp³-hybridized carbons (Fsp3) is 0.125. The van der Waals surface area contributed by atoms with Crippen LogP contribution >= 0.6 is 0 Å². The predicted molar refractivity (Wildman–Crippen MR) is 45.8 cm³/mol. The van der Waals surface area contributed by atoms with E-state index < -0.39 is 6.36 Å². The van der Waals surface area contributed by atoms with Gasteiger partial charge in [0.25, 0.3) is 0 Å². The second kappa shape index (κ2) is 3.80. The Morgan fingerprint density at radius 3 is 2.31 bits per heavy atom. The van der Waals surface area contributed by atoms with Crippen molar-refractivity contribution in [3.63, 3.8) is 0 Å². The zero-order valence-corrected chi connectivity index (χ0v) is 7.72. The lowest BCUT2D eigenvalue weighted by Crippen LogP contribution is -2.17. The molecule has 2 rings (SSSR count). The summed E-state index contributed by atoms with van der Waals surface area (Å²) in [6.07, 6.45) is -3.35. The summed E-state index contributed by atoms with van der Waals surface area (Å²) in [5, 5.41) is 10.4. The molecule has 0 atom stereocenters.